The van der Waals surface area contributed by atoms with E-state index in [4.69, 9.17) is 4.74 Å². The zero-order valence-electron chi connectivity index (χ0n) is 19.9. The van der Waals surface area contributed by atoms with Gasteiger partial charge in [-0.2, -0.15) is 0 Å². The highest BCUT2D eigenvalue weighted by atomic mass is 19.1. The van der Waals surface area contributed by atoms with Crippen molar-refractivity contribution in [3.8, 4) is 0 Å². The minimum absolute atomic E-state index is 0.131. The zero-order valence-corrected chi connectivity index (χ0v) is 19.9. The lowest BCUT2D eigenvalue weighted by molar-refractivity contribution is -0.144. The molecule has 3 fully saturated rings. The van der Waals surface area contributed by atoms with Crippen molar-refractivity contribution in [1.82, 2.24) is 9.80 Å². The van der Waals surface area contributed by atoms with Crippen LogP contribution in [-0.4, -0.2) is 67.2 Å². The SMILES string of the molecule is Cc1ccc(N2C[C@]3(CCN(C(=O)C4(Cc5ccc(F)cc5)CCN(C)CC4)C3)OC2=O)cc1. The topological polar surface area (TPSA) is 53.1 Å². The maximum atomic E-state index is 14.0. The summed E-state index contributed by atoms with van der Waals surface area (Å²) in [6.45, 7) is 5.16. The van der Waals surface area contributed by atoms with Gasteiger partial charge in [-0.05, 0) is 76.2 Å². The van der Waals surface area contributed by atoms with E-state index >= 15 is 0 Å². The van der Waals surface area contributed by atoms with Gasteiger partial charge >= 0.3 is 6.09 Å². The Morgan fingerprint density at radius 3 is 2.32 bits per heavy atom. The number of benzene rings is 2. The maximum absolute atomic E-state index is 14.0. The number of anilines is 1. The highest BCUT2D eigenvalue weighted by Gasteiger charge is 2.53. The average Bonchev–Trinajstić information content (AvgIpc) is 3.39. The molecule has 5 rings (SSSR count). The zero-order chi connectivity index (χ0) is 23.9. The van der Waals surface area contributed by atoms with Crippen molar-refractivity contribution in [3.63, 3.8) is 0 Å². The first kappa shape index (κ1) is 22.8. The lowest BCUT2D eigenvalue weighted by Crippen LogP contribution is -2.51. The van der Waals surface area contributed by atoms with E-state index in [1.54, 1.807) is 17.0 Å². The third-order valence-electron chi connectivity index (χ3n) is 7.77. The van der Waals surface area contributed by atoms with Crippen molar-refractivity contribution < 1.29 is 18.7 Å². The number of ether oxygens (including phenoxy) is 1. The highest BCUT2D eigenvalue weighted by molar-refractivity contribution is 5.91. The largest absolute Gasteiger partial charge is 0.439 e. The first-order valence-corrected chi connectivity index (χ1v) is 12.1. The smallest absolute Gasteiger partial charge is 0.415 e. The van der Waals surface area contributed by atoms with E-state index in [1.807, 2.05) is 36.1 Å². The van der Waals surface area contributed by atoms with Crippen molar-refractivity contribution >= 4 is 17.7 Å². The molecule has 0 saturated carbocycles. The maximum Gasteiger partial charge on any atom is 0.415 e. The number of amides is 2. The second-order valence-electron chi connectivity index (χ2n) is 10.3. The second kappa shape index (κ2) is 8.69. The van der Waals surface area contributed by atoms with Gasteiger partial charge in [-0.15, -0.1) is 0 Å². The Morgan fingerprint density at radius 1 is 0.971 bits per heavy atom. The quantitative estimate of drug-likeness (QED) is 0.685. The van der Waals surface area contributed by atoms with Crippen LogP contribution in [0, 0.1) is 18.2 Å². The van der Waals surface area contributed by atoms with Crippen LogP contribution in [0.2, 0.25) is 0 Å². The summed E-state index contributed by atoms with van der Waals surface area (Å²) in [6.07, 6.45) is 2.41. The van der Waals surface area contributed by atoms with Gasteiger partial charge in [0.05, 0.1) is 18.5 Å². The molecule has 0 N–H and O–H groups in total. The summed E-state index contributed by atoms with van der Waals surface area (Å²) in [5.41, 5.74) is 1.74. The first-order chi connectivity index (χ1) is 16.3. The number of hydrogen-bond acceptors (Lipinski definition) is 4. The number of rotatable bonds is 4. The predicted octanol–water partition coefficient (Wildman–Crippen LogP) is 4.02. The fraction of sp³-hybridized carbons (Fsp3) is 0.481. The van der Waals surface area contributed by atoms with Gasteiger partial charge in [0.25, 0.3) is 0 Å². The Hall–Kier alpha value is -2.93. The number of aryl methyl sites for hydroxylation is 1. The summed E-state index contributed by atoms with van der Waals surface area (Å²) < 4.78 is 19.4. The number of halogens is 1. The van der Waals surface area contributed by atoms with Crippen molar-refractivity contribution in [2.45, 2.75) is 38.2 Å². The Kier molecular flexibility index (Phi) is 5.84. The van der Waals surface area contributed by atoms with Crippen LogP contribution in [0.1, 0.15) is 30.4 Å². The molecule has 6 nitrogen and oxygen atoms in total. The van der Waals surface area contributed by atoms with Gasteiger partial charge in [-0.25, -0.2) is 9.18 Å². The number of likely N-dealkylation sites (tertiary alicyclic amines) is 2. The molecule has 3 aliphatic heterocycles. The van der Waals surface area contributed by atoms with E-state index in [0.717, 1.165) is 42.7 Å². The number of nitrogens with zero attached hydrogens (tertiary/aromatic N) is 3. The number of hydrogen-bond donors (Lipinski definition) is 0. The predicted molar refractivity (Wildman–Crippen MR) is 128 cm³/mol. The van der Waals surface area contributed by atoms with Crippen LogP contribution in [0.15, 0.2) is 48.5 Å². The first-order valence-electron chi connectivity index (χ1n) is 12.1. The molecule has 7 heteroatoms. The van der Waals surface area contributed by atoms with Crippen molar-refractivity contribution in [2.24, 2.45) is 5.41 Å². The van der Waals surface area contributed by atoms with Gasteiger partial charge < -0.3 is 14.5 Å². The molecule has 0 aliphatic carbocycles. The molecule has 2 aromatic carbocycles. The van der Waals surface area contributed by atoms with Gasteiger partial charge in [-0.3, -0.25) is 9.69 Å². The third-order valence-corrected chi connectivity index (χ3v) is 7.77. The lowest BCUT2D eigenvalue weighted by Gasteiger charge is -2.42. The van der Waals surface area contributed by atoms with Crippen LogP contribution in [-0.2, 0) is 16.0 Å². The van der Waals surface area contributed by atoms with Gasteiger partial charge in [0, 0.05) is 18.7 Å². The van der Waals surface area contributed by atoms with Crippen molar-refractivity contribution in [2.75, 3.05) is 44.7 Å². The lowest BCUT2D eigenvalue weighted by atomic mass is 9.72. The fourth-order valence-corrected chi connectivity index (χ4v) is 5.62. The summed E-state index contributed by atoms with van der Waals surface area (Å²) in [7, 11) is 2.08. The molecule has 3 saturated heterocycles. The monoisotopic (exact) mass is 465 g/mol. The van der Waals surface area contributed by atoms with Crippen molar-refractivity contribution in [1.29, 1.82) is 0 Å². The highest BCUT2D eigenvalue weighted by Crippen LogP contribution is 2.41. The van der Waals surface area contributed by atoms with Gasteiger partial charge in [-0.1, -0.05) is 29.8 Å². The van der Waals surface area contributed by atoms with E-state index in [2.05, 4.69) is 11.9 Å². The Bertz CT molecular complexity index is 1060. The van der Waals surface area contributed by atoms with E-state index in [0.29, 0.717) is 32.5 Å². The standard InChI is InChI=1S/C27H32FN3O3/c1-20-3-9-23(10-4-20)31-19-27(34-25(31)33)13-16-30(18-27)24(32)26(11-14-29(2)15-12-26)17-21-5-7-22(28)8-6-21/h3-10H,11-19H2,1-2H3/t27-/m1/s1. The number of carbonyl (C=O) groups is 2. The molecule has 0 unspecified atom stereocenters. The van der Waals surface area contributed by atoms with Crippen LogP contribution < -0.4 is 4.90 Å². The molecule has 1 atom stereocenters. The normalized spacial score (nSPS) is 24.6. The molecule has 1 spiro atoms. The summed E-state index contributed by atoms with van der Waals surface area (Å²) in [5, 5.41) is 0. The van der Waals surface area contributed by atoms with E-state index in [1.165, 1.54) is 12.1 Å². The molecule has 180 valence electrons. The second-order valence-corrected chi connectivity index (χ2v) is 10.3. The summed E-state index contributed by atoms with van der Waals surface area (Å²) >= 11 is 0. The molecule has 0 aromatic heterocycles. The Labute approximate surface area is 200 Å². The van der Waals surface area contributed by atoms with Crippen LogP contribution >= 0.6 is 0 Å². The van der Waals surface area contributed by atoms with Crippen LogP contribution in [0.3, 0.4) is 0 Å². The summed E-state index contributed by atoms with van der Waals surface area (Å²) in [5.74, 6) is -0.137. The van der Waals surface area contributed by atoms with Gasteiger partial charge in [0.2, 0.25) is 5.91 Å². The molecule has 2 aromatic rings. The third kappa shape index (κ3) is 4.29. The molecule has 0 radical (unpaired) electrons. The van der Waals surface area contributed by atoms with E-state index in [9.17, 15) is 14.0 Å². The average molecular weight is 466 g/mol. The van der Waals surface area contributed by atoms with Gasteiger partial charge in [0.1, 0.15) is 5.82 Å². The summed E-state index contributed by atoms with van der Waals surface area (Å²) in [4.78, 5) is 32.6. The van der Waals surface area contributed by atoms with Crippen LogP contribution in [0.4, 0.5) is 14.9 Å². The molecule has 0 bridgehead atoms. The summed E-state index contributed by atoms with van der Waals surface area (Å²) in [6, 6.07) is 14.3. The molecule has 3 heterocycles. The fourth-order valence-electron chi connectivity index (χ4n) is 5.62. The van der Waals surface area contributed by atoms with E-state index < -0.39 is 11.0 Å². The minimum atomic E-state index is -0.667. The molecule has 2 amide bonds. The molecular formula is C27H32FN3O3. The molecule has 34 heavy (non-hydrogen) atoms. The minimum Gasteiger partial charge on any atom is -0.439 e. The van der Waals surface area contributed by atoms with Crippen LogP contribution in [0.5, 0.6) is 0 Å². The van der Waals surface area contributed by atoms with Crippen LogP contribution in [0.25, 0.3) is 0 Å². The Morgan fingerprint density at radius 2 is 1.65 bits per heavy atom. The Balaban J connectivity index is 1.33. The number of piperidine rings is 1. The van der Waals surface area contributed by atoms with E-state index in [-0.39, 0.29) is 17.8 Å². The van der Waals surface area contributed by atoms with Gasteiger partial charge in [0.15, 0.2) is 5.60 Å². The van der Waals surface area contributed by atoms with Crippen molar-refractivity contribution in [3.05, 3.63) is 65.5 Å². The number of carbonyl (C=O) groups excluding carboxylic acids is 2. The molecular weight excluding hydrogens is 433 g/mol. The molecule has 3 aliphatic rings.